The van der Waals surface area contributed by atoms with E-state index < -0.39 is 0 Å². The second-order valence-corrected chi connectivity index (χ2v) is 6.91. The average Bonchev–Trinajstić information content (AvgIpc) is 2.94. The Bertz CT molecular complexity index is 639. The van der Waals surface area contributed by atoms with Gasteiger partial charge >= 0.3 is 0 Å². The number of halogens is 1. The third kappa shape index (κ3) is 3.45. The number of fused-ring (bicyclic) bond motifs is 1. The molecule has 110 valence electrons. The lowest BCUT2D eigenvalue weighted by molar-refractivity contribution is 0.718. The lowest BCUT2D eigenvalue weighted by atomic mass is 10.1. The molecule has 0 atom stereocenters. The molecule has 0 aliphatic heterocycles. The van der Waals surface area contributed by atoms with Crippen LogP contribution >= 0.6 is 23.4 Å². The zero-order chi connectivity index (χ0) is 14.7. The molecule has 3 heteroatoms. The van der Waals surface area contributed by atoms with E-state index >= 15 is 0 Å². The zero-order valence-corrected chi connectivity index (χ0v) is 13.9. The van der Waals surface area contributed by atoms with E-state index in [1.165, 1.54) is 45.7 Å². The van der Waals surface area contributed by atoms with Crippen molar-refractivity contribution in [3.63, 3.8) is 0 Å². The van der Waals surface area contributed by atoms with Crippen LogP contribution in [0.15, 0.2) is 46.2 Å². The molecule has 0 fully saturated rings. The Labute approximate surface area is 136 Å². The van der Waals surface area contributed by atoms with Crippen molar-refractivity contribution in [2.24, 2.45) is 0 Å². The van der Waals surface area contributed by atoms with Gasteiger partial charge in [-0.2, -0.15) is 0 Å². The first-order valence-electron chi connectivity index (χ1n) is 7.55. The van der Waals surface area contributed by atoms with Crippen LogP contribution in [0.25, 0.3) is 0 Å². The van der Waals surface area contributed by atoms with Crippen molar-refractivity contribution in [3.8, 4) is 0 Å². The number of hydrogen-bond donors (Lipinski definition) is 1. The second-order valence-electron chi connectivity index (χ2n) is 5.38. The molecule has 1 aliphatic rings. The largest absolute Gasteiger partial charge is 0.313 e. The van der Waals surface area contributed by atoms with Crippen molar-refractivity contribution in [2.45, 2.75) is 42.5 Å². The Morgan fingerprint density at radius 1 is 1.14 bits per heavy atom. The molecular formula is C18H20ClNS. The molecule has 0 saturated heterocycles. The lowest BCUT2D eigenvalue weighted by Gasteiger charge is -2.12. The fraction of sp³-hybridized carbons (Fsp3) is 0.333. The van der Waals surface area contributed by atoms with Crippen molar-refractivity contribution in [3.05, 3.63) is 58.1 Å². The van der Waals surface area contributed by atoms with Gasteiger partial charge in [0.15, 0.2) is 0 Å². The summed E-state index contributed by atoms with van der Waals surface area (Å²) < 4.78 is 0. The Morgan fingerprint density at radius 3 is 2.86 bits per heavy atom. The van der Waals surface area contributed by atoms with Gasteiger partial charge in [0.05, 0.1) is 0 Å². The summed E-state index contributed by atoms with van der Waals surface area (Å²) in [7, 11) is 0. The van der Waals surface area contributed by atoms with Crippen molar-refractivity contribution in [1.82, 2.24) is 5.32 Å². The molecule has 2 aromatic carbocycles. The summed E-state index contributed by atoms with van der Waals surface area (Å²) in [4.78, 5) is 2.57. The van der Waals surface area contributed by atoms with E-state index in [0.717, 1.165) is 18.1 Å². The van der Waals surface area contributed by atoms with Gasteiger partial charge in [-0.3, -0.25) is 0 Å². The maximum absolute atomic E-state index is 6.37. The minimum atomic E-state index is 0.823. The number of hydrogen-bond acceptors (Lipinski definition) is 2. The molecule has 0 bridgehead atoms. The van der Waals surface area contributed by atoms with Crippen molar-refractivity contribution < 1.29 is 0 Å². The van der Waals surface area contributed by atoms with Crippen LogP contribution in [-0.2, 0) is 19.4 Å². The SMILES string of the molecule is CCNCc1c(Cl)cccc1Sc1ccc2c(c1)CCC2. The first-order valence-corrected chi connectivity index (χ1v) is 8.75. The predicted molar refractivity (Wildman–Crippen MR) is 91.4 cm³/mol. The number of nitrogens with one attached hydrogen (secondary N) is 1. The molecular weight excluding hydrogens is 298 g/mol. The Hall–Kier alpha value is -0.960. The normalized spacial score (nSPS) is 13.4. The van der Waals surface area contributed by atoms with Gasteiger partial charge in [-0.25, -0.2) is 0 Å². The van der Waals surface area contributed by atoms with Crippen LogP contribution in [-0.4, -0.2) is 6.54 Å². The third-order valence-electron chi connectivity index (χ3n) is 3.93. The molecule has 21 heavy (non-hydrogen) atoms. The summed E-state index contributed by atoms with van der Waals surface area (Å²) in [5, 5.41) is 4.22. The van der Waals surface area contributed by atoms with Crippen LogP contribution in [0.3, 0.4) is 0 Å². The molecule has 0 aromatic heterocycles. The molecule has 0 unspecified atom stereocenters. The van der Waals surface area contributed by atoms with Crippen LogP contribution in [0.5, 0.6) is 0 Å². The summed E-state index contributed by atoms with van der Waals surface area (Å²) in [6, 6.07) is 13.1. The molecule has 1 aliphatic carbocycles. The summed E-state index contributed by atoms with van der Waals surface area (Å²) in [5.74, 6) is 0. The fourth-order valence-corrected chi connectivity index (χ4v) is 4.14. The maximum Gasteiger partial charge on any atom is 0.0462 e. The first kappa shape index (κ1) is 15.0. The van der Waals surface area contributed by atoms with Crippen LogP contribution in [0, 0.1) is 0 Å². The average molecular weight is 318 g/mol. The van der Waals surface area contributed by atoms with E-state index in [4.69, 9.17) is 11.6 Å². The van der Waals surface area contributed by atoms with Gasteiger partial charge in [0.25, 0.3) is 0 Å². The van der Waals surface area contributed by atoms with Crippen molar-refractivity contribution in [2.75, 3.05) is 6.54 Å². The zero-order valence-electron chi connectivity index (χ0n) is 12.3. The topological polar surface area (TPSA) is 12.0 Å². The summed E-state index contributed by atoms with van der Waals surface area (Å²) in [6.45, 7) is 3.89. The second kappa shape index (κ2) is 6.87. The Morgan fingerprint density at radius 2 is 2.00 bits per heavy atom. The van der Waals surface area contributed by atoms with E-state index in [-0.39, 0.29) is 0 Å². The third-order valence-corrected chi connectivity index (χ3v) is 5.37. The molecule has 0 saturated carbocycles. The smallest absolute Gasteiger partial charge is 0.0462 e. The molecule has 3 rings (SSSR count). The van der Waals surface area contributed by atoms with Crippen molar-refractivity contribution >= 4 is 23.4 Å². The standard InChI is InChI=1S/C18H20ClNS/c1-2-20-12-16-17(19)7-4-8-18(16)21-15-10-9-13-5-3-6-14(13)11-15/h4,7-11,20H,2-3,5-6,12H2,1H3. The summed E-state index contributed by atoms with van der Waals surface area (Å²) >= 11 is 8.19. The highest BCUT2D eigenvalue weighted by Gasteiger charge is 2.13. The Kier molecular flexibility index (Phi) is 4.89. The summed E-state index contributed by atoms with van der Waals surface area (Å²) in [6.07, 6.45) is 3.76. The molecule has 0 radical (unpaired) electrons. The van der Waals surface area contributed by atoms with Gasteiger partial charge in [0.2, 0.25) is 0 Å². The van der Waals surface area contributed by atoms with Crippen LogP contribution < -0.4 is 5.32 Å². The van der Waals surface area contributed by atoms with Gasteiger partial charge in [-0.15, -0.1) is 0 Å². The van der Waals surface area contributed by atoms with Crippen LogP contribution in [0.2, 0.25) is 5.02 Å². The van der Waals surface area contributed by atoms with E-state index in [0.29, 0.717) is 0 Å². The highest BCUT2D eigenvalue weighted by molar-refractivity contribution is 7.99. The van der Waals surface area contributed by atoms with Gasteiger partial charge < -0.3 is 5.32 Å². The van der Waals surface area contributed by atoms with E-state index in [1.807, 2.05) is 23.9 Å². The number of benzene rings is 2. The van der Waals surface area contributed by atoms with E-state index in [9.17, 15) is 0 Å². The first-order chi connectivity index (χ1) is 10.3. The maximum atomic E-state index is 6.37. The van der Waals surface area contributed by atoms with Crippen molar-refractivity contribution in [1.29, 1.82) is 0 Å². The minimum absolute atomic E-state index is 0.823. The minimum Gasteiger partial charge on any atom is -0.313 e. The monoisotopic (exact) mass is 317 g/mol. The molecule has 1 N–H and O–H groups in total. The van der Waals surface area contributed by atoms with Gasteiger partial charge in [0.1, 0.15) is 0 Å². The van der Waals surface area contributed by atoms with Gasteiger partial charge in [-0.1, -0.05) is 42.4 Å². The van der Waals surface area contributed by atoms with Crippen LogP contribution in [0.1, 0.15) is 30.0 Å². The highest BCUT2D eigenvalue weighted by Crippen LogP contribution is 2.36. The molecule has 0 amide bonds. The van der Waals surface area contributed by atoms with Gasteiger partial charge in [0, 0.05) is 21.4 Å². The quantitative estimate of drug-likeness (QED) is 0.824. The molecule has 2 aromatic rings. The Balaban J connectivity index is 1.85. The highest BCUT2D eigenvalue weighted by atomic mass is 35.5. The van der Waals surface area contributed by atoms with E-state index in [2.05, 4.69) is 36.5 Å². The summed E-state index contributed by atoms with van der Waals surface area (Å²) in [5.41, 5.74) is 4.25. The van der Waals surface area contributed by atoms with Crippen LogP contribution in [0.4, 0.5) is 0 Å². The number of aryl methyl sites for hydroxylation is 2. The predicted octanol–water partition coefficient (Wildman–Crippen LogP) is 5.09. The number of rotatable bonds is 5. The molecule has 0 spiro atoms. The fourth-order valence-electron chi connectivity index (χ4n) is 2.79. The molecule has 1 nitrogen and oxygen atoms in total. The lowest BCUT2D eigenvalue weighted by Crippen LogP contribution is -2.12. The van der Waals surface area contributed by atoms with Gasteiger partial charge in [-0.05, 0) is 66.8 Å². The molecule has 0 heterocycles. The van der Waals surface area contributed by atoms with E-state index in [1.54, 1.807) is 0 Å².